The summed E-state index contributed by atoms with van der Waals surface area (Å²) in [5.74, 6) is 1.45. The fraction of sp³-hybridized carbons (Fsp3) is 0.409. The molecule has 2 aromatic carbocycles. The van der Waals surface area contributed by atoms with Gasteiger partial charge in [0.2, 0.25) is 12.7 Å². The van der Waals surface area contributed by atoms with Crippen molar-refractivity contribution in [1.82, 2.24) is 4.90 Å². The Labute approximate surface area is 180 Å². The van der Waals surface area contributed by atoms with Gasteiger partial charge < -0.3 is 19.5 Å². The number of fused-ring (bicyclic) bond motifs is 1. The third-order valence-electron chi connectivity index (χ3n) is 5.67. The lowest BCUT2D eigenvalue weighted by molar-refractivity contribution is -0.386. The van der Waals surface area contributed by atoms with Gasteiger partial charge in [-0.2, -0.15) is 0 Å². The van der Waals surface area contributed by atoms with Crippen LogP contribution in [0.2, 0.25) is 0 Å². The van der Waals surface area contributed by atoms with Crippen LogP contribution in [0.1, 0.15) is 31.4 Å². The van der Waals surface area contributed by atoms with Crippen LogP contribution >= 0.6 is 0 Å². The summed E-state index contributed by atoms with van der Waals surface area (Å²) in [6.45, 7) is 3.47. The van der Waals surface area contributed by atoms with E-state index in [9.17, 15) is 14.9 Å². The lowest BCUT2D eigenvalue weighted by Gasteiger charge is -2.36. The van der Waals surface area contributed by atoms with Crippen LogP contribution < -0.4 is 19.5 Å². The molecule has 2 aliphatic rings. The zero-order chi connectivity index (χ0) is 22.0. The number of hydrogen-bond donors (Lipinski definition) is 1. The molecule has 9 nitrogen and oxygen atoms in total. The second-order valence-corrected chi connectivity index (χ2v) is 7.88. The van der Waals surface area contributed by atoms with E-state index in [0.717, 1.165) is 12.8 Å². The number of hydrogen-bond acceptors (Lipinski definition) is 7. The number of ether oxygens (including phenoxy) is 3. The Balaban J connectivity index is 1.72. The lowest BCUT2D eigenvalue weighted by Crippen LogP contribution is -2.43. The minimum Gasteiger partial charge on any atom is -0.497 e. The smallest absolute Gasteiger partial charge is 0.278 e. The van der Waals surface area contributed by atoms with Crippen molar-refractivity contribution in [2.45, 2.75) is 25.8 Å². The summed E-state index contributed by atoms with van der Waals surface area (Å²) in [4.78, 5) is 26.9. The number of nitro groups is 1. The van der Waals surface area contributed by atoms with Gasteiger partial charge in [0.05, 0.1) is 23.7 Å². The summed E-state index contributed by atoms with van der Waals surface area (Å²) in [5.41, 5.74) is 0.732. The summed E-state index contributed by atoms with van der Waals surface area (Å²) in [5, 5.41) is 14.8. The maximum Gasteiger partial charge on any atom is 0.278 e. The monoisotopic (exact) mass is 427 g/mol. The molecule has 1 fully saturated rings. The van der Waals surface area contributed by atoms with Gasteiger partial charge in [-0.05, 0) is 55.6 Å². The molecule has 2 heterocycles. The summed E-state index contributed by atoms with van der Waals surface area (Å²) < 4.78 is 15.9. The maximum atomic E-state index is 13.5. The first-order valence-corrected chi connectivity index (χ1v) is 10.2. The highest BCUT2D eigenvalue weighted by Gasteiger charge is 2.37. The van der Waals surface area contributed by atoms with Crippen molar-refractivity contribution in [1.29, 1.82) is 0 Å². The van der Waals surface area contributed by atoms with Gasteiger partial charge in [0, 0.05) is 12.2 Å². The molecular formula is C22H25N3O6. The van der Waals surface area contributed by atoms with Crippen LogP contribution in [0.15, 0.2) is 36.4 Å². The first-order chi connectivity index (χ1) is 15.0. The zero-order valence-corrected chi connectivity index (χ0v) is 17.5. The molecule has 0 bridgehead atoms. The molecule has 9 heteroatoms. The Kier molecular flexibility index (Phi) is 5.94. The first kappa shape index (κ1) is 20.9. The molecule has 2 aliphatic heterocycles. The van der Waals surface area contributed by atoms with Crippen molar-refractivity contribution in [2.24, 2.45) is 5.92 Å². The number of benzene rings is 2. The lowest BCUT2D eigenvalue weighted by atomic mass is 9.94. The molecular weight excluding hydrogens is 402 g/mol. The number of carbonyl (C=O) groups is 1. The average molecular weight is 427 g/mol. The van der Waals surface area contributed by atoms with Gasteiger partial charge in [-0.15, -0.1) is 0 Å². The molecule has 1 amide bonds. The number of nitro benzene ring substituents is 1. The number of nitrogens with one attached hydrogen (secondary N) is 1. The van der Waals surface area contributed by atoms with E-state index < -0.39 is 11.0 Å². The van der Waals surface area contributed by atoms with Crippen molar-refractivity contribution in [3.63, 3.8) is 0 Å². The Morgan fingerprint density at radius 1 is 1.26 bits per heavy atom. The first-order valence-electron chi connectivity index (χ1n) is 10.2. The van der Waals surface area contributed by atoms with Gasteiger partial charge >= 0.3 is 0 Å². The van der Waals surface area contributed by atoms with Crippen LogP contribution in [0, 0.1) is 16.0 Å². The summed E-state index contributed by atoms with van der Waals surface area (Å²) >= 11 is 0. The normalized spacial score (nSPS) is 19.0. The summed E-state index contributed by atoms with van der Waals surface area (Å²) in [6, 6.07) is 9.05. The van der Waals surface area contributed by atoms with E-state index in [1.165, 1.54) is 6.07 Å². The molecule has 0 radical (unpaired) electrons. The molecule has 1 saturated heterocycles. The van der Waals surface area contributed by atoms with Crippen LogP contribution in [-0.2, 0) is 4.79 Å². The van der Waals surface area contributed by atoms with E-state index in [1.807, 2.05) is 4.90 Å². The predicted octanol–water partition coefficient (Wildman–Crippen LogP) is 3.74. The van der Waals surface area contributed by atoms with Gasteiger partial charge in [-0.3, -0.25) is 19.8 Å². The number of anilines is 1. The second kappa shape index (κ2) is 8.81. The van der Waals surface area contributed by atoms with E-state index in [0.29, 0.717) is 47.5 Å². The molecule has 0 aliphatic carbocycles. The number of carbonyl (C=O) groups excluding carboxylic acids is 1. The molecule has 2 aromatic rings. The Morgan fingerprint density at radius 2 is 1.97 bits per heavy atom. The zero-order valence-electron chi connectivity index (χ0n) is 17.5. The van der Waals surface area contributed by atoms with Gasteiger partial charge in [-0.1, -0.05) is 6.92 Å². The van der Waals surface area contributed by atoms with Crippen LogP contribution in [0.25, 0.3) is 0 Å². The molecule has 31 heavy (non-hydrogen) atoms. The number of likely N-dealkylation sites (tertiary alicyclic amines) is 1. The second-order valence-electron chi connectivity index (χ2n) is 7.88. The standard InChI is InChI=1S/C22H25N3O6/c1-14-4-3-9-24(12-14)21(22(26)23-15-5-7-16(29-2)8-6-15)17-10-19-20(31-13-30-19)11-18(17)25(27)28/h5-8,10-11,14,21H,3-4,9,12-13H2,1-2H3,(H,23,26)/t14-,21-/m1/s1. The van der Waals surface area contributed by atoms with Gasteiger partial charge in [0.1, 0.15) is 11.8 Å². The number of nitrogens with zero attached hydrogens (tertiary/aromatic N) is 2. The quantitative estimate of drug-likeness (QED) is 0.553. The topological polar surface area (TPSA) is 103 Å². The third-order valence-corrected chi connectivity index (χ3v) is 5.67. The SMILES string of the molecule is COc1ccc(NC(=O)[C@@H](c2cc3c(cc2[N+](=O)[O-])OCO3)N2CCC[C@@H](C)C2)cc1. The number of piperidine rings is 1. The number of methoxy groups -OCH3 is 1. The van der Waals surface area contributed by atoms with Crippen LogP contribution in [-0.4, -0.2) is 42.7 Å². The third kappa shape index (κ3) is 4.41. The highest BCUT2D eigenvalue weighted by Crippen LogP contribution is 2.42. The van der Waals surface area contributed by atoms with Gasteiger partial charge in [-0.25, -0.2) is 0 Å². The predicted molar refractivity (Wildman–Crippen MR) is 114 cm³/mol. The molecule has 1 N–H and O–H groups in total. The molecule has 0 saturated carbocycles. The number of amides is 1. The van der Waals surface area contributed by atoms with E-state index in [4.69, 9.17) is 14.2 Å². The highest BCUT2D eigenvalue weighted by molar-refractivity contribution is 5.96. The molecule has 164 valence electrons. The average Bonchev–Trinajstić information content (AvgIpc) is 3.21. The molecule has 0 spiro atoms. The fourth-order valence-electron chi connectivity index (χ4n) is 4.17. The highest BCUT2D eigenvalue weighted by atomic mass is 16.7. The minimum atomic E-state index is -0.834. The van der Waals surface area contributed by atoms with E-state index in [-0.39, 0.29) is 18.4 Å². The summed E-state index contributed by atoms with van der Waals surface area (Å²) in [6.07, 6.45) is 1.98. The van der Waals surface area contributed by atoms with Gasteiger partial charge in [0.25, 0.3) is 5.69 Å². The molecule has 0 aromatic heterocycles. The maximum absolute atomic E-state index is 13.5. The Bertz CT molecular complexity index is 978. The van der Waals surface area contributed by atoms with Crippen molar-refractivity contribution in [3.8, 4) is 17.2 Å². The van der Waals surface area contributed by atoms with Crippen molar-refractivity contribution >= 4 is 17.3 Å². The molecule has 2 atom stereocenters. The molecule has 4 rings (SSSR count). The van der Waals surface area contributed by atoms with Crippen molar-refractivity contribution in [3.05, 3.63) is 52.1 Å². The van der Waals surface area contributed by atoms with Crippen molar-refractivity contribution < 1.29 is 23.9 Å². The van der Waals surface area contributed by atoms with Gasteiger partial charge in [0.15, 0.2) is 11.5 Å². The Morgan fingerprint density at radius 3 is 2.61 bits per heavy atom. The minimum absolute atomic E-state index is 0.000595. The summed E-state index contributed by atoms with van der Waals surface area (Å²) in [7, 11) is 1.57. The fourth-order valence-corrected chi connectivity index (χ4v) is 4.17. The van der Waals surface area contributed by atoms with E-state index >= 15 is 0 Å². The molecule has 0 unspecified atom stereocenters. The van der Waals surface area contributed by atoms with Crippen LogP contribution in [0.3, 0.4) is 0 Å². The van der Waals surface area contributed by atoms with Crippen molar-refractivity contribution in [2.75, 3.05) is 32.3 Å². The van der Waals surface area contributed by atoms with E-state index in [2.05, 4.69) is 12.2 Å². The Hall–Kier alpha value is -3.33. The van der Waals surface area contributed by atoms with Crippen LogP contribution in [0.5, 0.6) is 17.2 Å². The van der Waals surface area contributed by atoms with E-state index in [1.54, 1.807) is 37.4 Å². The van der Waals surface area contributed by atoms with Crippen LogP contribution in [0.4, 0.5) is 11.4 Å². The largest absolute Gasteiger partial charge is 0.497 e. The number of rotatable bonds is 6.